The molecule has 2 atom stereocenters. The normalized spacial score (nSPS) is 22.9. The highest BCUT2D eigenvalue weighted by Crippen LogP contribution is 2.59. The summed E-state index contributed by atoms with van der Waals surface area (Å²) in [6.45, 7) is 18.8. The Morgan fingerprint density at radius 2 is 1.01 bits per heavy atom. The molecule has 2 saturated carbocycles. The first-order valence-electron chi connectivity index (χ1n) is 26.1. The van der Waals surface area contributed by atoms with Gasteiger partial charge in [0.2, 0.25) is 0 Å². The van der Waals surface area contributed by atoms with Crippen molar-refractivity contribution in [3.8, 4) is 11.5 Å². The summed E-state index contributed by atoms with van der Waals surface area (Å²) in [6, 6.07) is 3.26. The van der Waals surface area contributed by atoms with Crippen molar-refractivity contribution in [1.82, 2.24) is 0 Å². The first-order chi connectivity index (χ1) is 34.6. The van der Waals surface area contributed by atoms with Crippen LogP contribution in [0.3, 0.4) is 0 Å². The lowest BCUT2D eigenvalue weighted by Crippen LogP contribution is -2.28. The fraction of sp³-hybridized carbons (Fsp3) is 0.607. The molecule has 0 radical (unpaired) electrons. The minimum absolute atomic E-state index is 0.110. The molecule has 71 heavy (non-hydrogen) atoms. The third-order valence-electron chi connectivity index (χ3n) is 14.4. The molecule has 4 aliphatic carbocycles. The van der Waals surface area contributed by atoms with Gasteiger partial charge < -0.3 is 33.2 Å². The number of unbranched alkanes of at least 4 members (excludes halogenated alkanes) is 6. The molecule has 1 aromatic carbocycles. The van der Waals surface area contributed by atoms with E-state index in [-0.39, 0.29) is 35.7 Å². The van der Waals surface area contributed by atoms with Crippen molar-refractivity contribution in [3.63, 3.8) is 0 Å². The zero-order chi connectivity index (χ0) is 50.4. The number of carbonyl (C=O) groups is 5. The molecule has 15 heteroatoms. The van der Waals surface area contributed by atoms with Gasteiger partial charge in [0.25, 0.3) is 5.70 Å². The Morgan fingerprint density at radius 3 is 1.38 bits per heavy atom. The van der Waals surface area contributed by atoms with Gasteiger partial charge in [0, 0.05) is 36.5 Å². The van der Waals surface area contributed by atoms with E-state index in [0.29, 0.717) is 87.1 Å². The number of thioether (sulfide) groups is 2. The van der Waals surface area contributed by atoms with Gasteiger partial charge in [-0.1, -0.05) is 61.7 Å². The van der Waals surface area contributed by atoms with Crippen LogP contribution in [-0.4, -0.2) is 75.1 Å². The van der Waals surface area contributed by atoms with E-state index in [2.05, 4.69) is 18.0 Å². The molecule has 5 aliphatic rings. The topological polar surface area (TPSA) is 154 Å². The van der Waals surface area contributed by atoms with Crippen LogP contribution in [0.5, 0.6) is 11.5 Å². The number of esters is 5. The minimum atomic E-state index is -0.740. The second kappa shape index (κ2) is 29.8. The van der Waals surface area contributed by atoms with E-state index in [0.717, 1.165) is 165 Å². The Labute approximate surface area is 429 Å². The van der Waals surface area contributed by atoms with Gasteiger partial charge in [0.15, 0.2) is 0 Å². The third kappa shape index (κ3) is 17.3. The highest BCUT2D eigenvalue weighted by Gasteiger charge is 2.35. The largest absolute Gasteiger partial charge is 0.471 e. The van der Waals surface area contributed by atoms with Gasteiger partial charge in [-0.15, -0.1) is 0 Å². The molecule has 1 heterocycles. The summed E-state index contributed by atoms with van der Waals surface area (Å²) in [5.41, 5.74) is 1.09. The van der Waals surface area contributed by atoms with Crippen molar-refractivity contribution in [2.24, 2.45) is 23.7 Å². The molecule has 386 valence electrons. The maximum Gasteiger partial charge on any atom is 0.339 e. The molecule has 13 nitrogen and oxygen atoms in total. The number of allylic oxidation sites excluding steroid dienone is 2. The first-order valence-corrected chi connectivity index (χ1v) is 27.7. The van der Waals surface area contributed by atoms with E-state index in [1.807, 2.05) is 12.2 Å². The van der Waals surface area contributed by atoms with E-state index >= 15 is 0 Å². The van der Waals surface area contributed by atoms with Crippen LogP contribution in [0.4, 0.5) is 0 Å². The summed E-state index contributed by atoms with van der Waals surface area (Å²) in [7, 11) is 0. The highest BCUT2D eigenvalue weighted by atomic mass is 32.2. The van der Waals surface area contributed by atoms with E-state index < -0.39 is 17.9 Å². The van der Waals surface area contributed by atoms with Crippen molar-refractivity contribution in [2.75, 3.05) is 33.0 Å². The lowest BCUT2D eigenvalue weighted by molar-refractivity contribution is -0.138. The third-order valence-corrected chi connectivity index (χ3v) is 17.0. The Kier molecular flexibility index (Phi) is 23.4. The maximum absolute atomic E-state index is 13.7. The number of hydrogen-bond acceptors (Lipinski definition) is 14. The summed E-state index contributed by atoms with van der Waals surface area (Å²) in [5, 5.41) is 0. The van der Waals surface area contributed by atoms with Crippen molar-refractivity contribution < 1.29 is 57.1 Å². The second-order valence-corrected chi connectivity index (χ2v) is 21.4. The van der Waals surface area contributed by atoms with Crippen LogP contribution in [0, 0.1) is 30.2 Å². The first kappa shape index (κ1) is 55.7. The predicted molar refractivity (Wildman–Crippen MR) is 273 cm³/mol. The SMILES string of the molecule is [C-]#[N+]C(C(=O)OCC)=C1Sc2c(OC(=O)C3=CCC(C4CCC(OCCCCCCOC(=O)C=C)CC4)CC3)ccc(OC(=O)C3=CCC(C4CCC(OCCCCCCOC(=O)C=C)CC4)CC3)c2S1. The predicted octanol–water partition coefficient (Wildman–Crippen LogP) is 12.5. The van der Waals surface area contributed by atoms with Gasteiger partial charge >= 0.3 is 29.8 Å². The van der Waals surface area contributed by atoms with Crippen molar-refractivity contribution in [1.29, 1.82) is 0 Å². The smallest absolute Gasteiger partial charge is 0.339 e. The Morgan fingerprint density at radius 1 is 0.592 bits per heavy atom. The van der Waals surface area contributed by atoms with E-state index in [1.54, 1.807) is 19.1 Å². The Balaban J connectivity index is 0.967. The lowest BCUT2D eigenvalue weighted by atomic mass is 9.73. The number of rotatable bonds is 26. The average molecular weight is 1020 g/mol. The van der Waals surface area contributed by atoms with Crippen LogP contribution >= 0.6 is 23.5 Å². The van der Waals surface area contributed by atoms with Crippen LogP contribution in [0.15, 0.2) is 80.5 Å². The van der Waals surface area contributed by atoms with Crippen molar-refractivity contribution >= 4 is 53.4 Å². The van der Waals surface area contributed by atoms with Gasteiger partial charge in [0.05, 0.1) is 52.6 Å². The molecule has 2 fully saturated rings. The maximum atomic E-state index is 13.7. The van der Waals surface area contributed by atoms with Gasteiger partial charge in [0.1, 0.15) is 11.5 Å². The van der Waals surface area contributed by atoms with Crippen LogP contribution in [-0.2, 0) is 47.7 Å². The van der Waals surface area contributed by atoms with Gasteiger partial charge in [-0.05, 0) is 171 Å². The summed E-state index contributed by atoms with van der Waals surface area (Å²) in [5.74, 6) is 0.401. The molecule has 1 aromatic rings. The van der Waals surface area contributed by atoms with Crippen LogP contribution in [0.2, 0.25) is 0 Å². The summed E-state index contributed by atoms with van der Waals surface area (Å²) in [4.78, 5) is 67.2. The lowest BCUT2D eigenvalue weighted by Gasteiger charge is -2.35. The number of nitrogens with zero attached hydrogens (tertiary/aromatic N) is 1. The molecular formula is C56H73NO12S2. The summed E-state index contributed by atoms with van der Waals surface area (Å²) in [6.07, 6.45) is 28.1. The molecular weight excluding hydrogens is 943 g/mol. The van der Waals surface area contributed by atoms with Gasteiger partial charge in [-0.2, -0.15) is 0 Å². The van der Waals surface area contributed by atoms with Gasteiger partial charge in [-0.3, -0.25) is 4.79 Å². The molecule has 0 saturated heterocycles. The van der Waals surface area contributed by atoms with Gasteiger partial charge in [-0.25, -0.2) is 24.0 Å². The van der Waals surface area contributed by atoms with Crippen molar-refractivity contribution in [3.05, 3.63) is 82.1 Å². The van der Waals surface area contributed by atoms with Crippen LogP contribution < -0.4 is 9.47 Å². The number of fused-ring (bicyclic) bond motifs is 1. The second-order valence-electron chi connectivity index (χ2n) is 19.1. The van der Waals surface area contributed by atoms with Crippen molar-refractivity contribution in [2.45, 2.75) is 170 Å². The molecule has 1 aliphatic heterocycles. The molecule has 0 aromatic heterocycles. The van der Waals surface area contributed by atoms with Crippen LogP contribution in [0.1, 0.15) is 148 Å². The monoisotopic (exact) mass is 1020 g/mol. The fourth-order valence-electron chi connectivity index (χ4n) is 10.4. The van der Waals surface area contributed by atoms with E-state index in [9.17, 15) is 24.0 Å². The fourth-order valence-corrected chi connectivity index (χ4v) is 12.9. The number of benzene rings is 1. The van der Waals surface area contributed by atoms with Crippen LogP contribution in [0.25, 0.3) is 4.85 Å². The molecule has 2 unspecified atom stereocenters. The summed E-state index contributed by atoms with van der Waals surface area (Å²) < 4.78 is 40.2. The molecule has 0 amide bonds. The number of ether oxygens (including phenoxy) is 7. The molecule has 0 bridgehead atoms. The molecule has 0 spiro atoms. The molecule has 0 N–H and O–H groups in total. The number of carbonyl (C=O) groups excluding carboxylic acids is 5. The minimum Gasteiger partial charge on any atom is -0.471 e. The zero-order valence-corrected chi connectivity index (χ0v) is 43.2. The Bertz CT molecular complexity index is 2030. The quantitative estimate of drug-likeness (QED) is 0.0216. The zero-order valence-electron chi connectivity index (χ0n) is 41.6. The number of hydrogen-bond donors (Lipinski definition) is 0. The molecule has 6 rings (SSSR count). The Hall–Kier alpha value is -4.62. The average Bonchev–Trinajstić information content (AvgIpc) is 3.85. The highest BCUT2D eigenvalue weighted by molar-refractivity contribution is 8.24. The van der Waals surface area contributed by atoms with E-state index in [1.165, 1.54) is 12.2 Å². The summed E-state index contributed by atoms with van der Waals surface area (Å²) >= 11 is 2.29. The standard InChI is InChI=1S/C56H73NO12S2/c1-5-48(58)66-36-14-10-8-12-34-64-44-28-24-40(25-29-44)38-16-20-42(21-17-38)53(60)68-46-32-33-47(52-51(46)70-56(71-52)50(57-4)55(62)63-7-3)69-54(61)43-22-18-39(19-23-43)41-26-30-45(31-27-41)65-35-13-9-11-15-37-67-49(59)6-2/h5-6,20,22,32-33,38-41,44-45H,1-2,7-19,21,23-31,34-37H2,3H3. The van der Waals surface area contributed by atoms with E-state index in [4.69, 9.17) is 39.7 Å².